The smallest absolute Gasteiger partial charge is 0.274 e. The summed E-state index contributed by atoms with van der Waals surface area (Å²) >= 11 is 13.4. The Labute approximate surface area is 400 Å². The number of hydrogen-bond acceptors (Lipinski definition) is 14. The minimum absolute atomic E-state index is 0.0122. The van der Waals surface area contributed by atoms with E-state index in [1.807, 2.05) is 25.3 Å². The lowest BCUT2D eigenvalue weighted by Gasteiger charge is -2.18. The number of pyridine rings is 5. The topological polar surface area (TPSA) is 203 Å². The fourth-order valence-electron chi connectivity index (χ4n) is 7.96. The van der Waals surface area contributed by atoms with Crippen molar-refractivity contribution in [3.8, 4) is 23.0 Å². The van der Waals surface area contributed by atoms with E-state index in [-0.39, 0.29) is 41.7 Å². The van der Waals surface area contributed by atoms with Crippen LogP contribution in [-0.2, 0) is 48.4 Å². The van der Waals surface area contributed by atoms with Crippen LogP contribution in [0.5, 0.6) is 23.0 Å². The quantitative estimate of drug-likeness (QED) is 0.104. The summed E-state index contributed by atoms with van der Waals surface area (Å²) in [6, 6.07) is 8.66. The molecule has 0 bridgehead atoms. The average Bonchev–Trinajstić information content (AvgIpc) is 4.24. The van der Waals surface area contributed by atoms with Crippen LogP contribution in [0.1, 0.15) is 69.3 Å². The monoisotopic (exact) mass is 955 g/mol. The van der Waals surface area contributed by atoms with Gasteiger partial charge >= 0.3 is 0 Å². The van der Waals surface area contributed by atoms with Gasteiger partial charge in [0.1, 0.15) is 49.8 Å². The van der Waals surface area contributed by atoms with Gasteiger partial charge in [0.25, 0.3) is 5.56 Å². The molecule has 0 amide bonds. The van der Waals surface area contributed by atoms with Crippen LogP contribution < -0.4 is 25.7 Å². The van der Waals surface area contributed by atoms with Crippen molar-refractivity contribution in [2.24, 2.45) is 33.0 Å². The number of allylic oxidation sites excluding steroid dienone is 4. The molecule has 68 heavy (non-hydrogen) atoms. The number of carbonyl (C=O) groups excluding carboxylic acids is 3. The van der Waals surface area contributed by atoms with Gasteiger partial charge in [-0.25, -0.2) is 9.97 Å². The maximum Gasteiger partial charge on any atom is 0.274 e. The summed E-state index contributed by atoms with van der Waals surface area (Å²) in [5.74, 6) is 3.54. The van der Waals surface area contributed by atoms with Crippen molar-refractivity contribution in [1.82, 2.24) is 43.6 Å². The Morgan fingerprint density at radius 3 is 1.75 bits per heavy atom. The summed E-state index contributed by atoms with van der Waals surface area (Å²) in [7, 11) is 5.35. The Bertz CT molecular complexity index is 3310. The molecular weight excluding hydrogens is 910 g/mol. The molecule has 348 valence electrons. The van der Waals surface area contributed by atoms with Gasteiger partial charge in [0.05, 0.1) is 29.5 Å². The summed E-state index contributed by atoms with van der Waals surface area (Å²) in [5.41, 5.74) is 6.40. The Morgan fingerprint density at radius 1 is 0.735 bits per heavy atom. The van der Waals surface area contributed by atoms with Crippen LogP contribution in [0.3, 0.4) is 0 Å². The second-order valence-electron chi connectivity index (χ2n) is 17.4. The van der Waals surface area contributed by atoms with E-state index in [0.29, 0.717) is 102 Å². The SMILES string of the molecule is CC(=O)Cc1cc(Oc2cnc3nc(NC4=CC(C5CC5)=CC(C)C4=O)n(C)c3c2Cl)ccn1.CC(=O)Cc1cc(Oc2cnc3nc(Nc4cc(C5CC5)cn(C)c4=O)n(C)c3c2Cl)ccn1. The van der Waals surface area contributed by atoms with E-state index >= 15 is 0 Å². The van der Waals surface area contributed by atoms with Crippen LogP contribution in [0, 0.1) is 11.8 Å². The van der Waals surface area contributed by atoms with Gasteiger partial charge in [0.2, 0.25) is 11.9 Å². The summed E-state index contributed by atoms with van der Waals surface area (Å²) in [6.07, 6.45) is 17.1. The summed E-state index contributed by atoms with van der Waals surface area (Å²) in [5, 5.41) is 7.02. The standard InChI is InChI=1S/C25H24ClN5O3.C24H23ClN6O3/c1-13-8-16(15-4-5-15)10-19(23(13)33)29-25-30-24-22(31(25)3)21(26)20(12-28-24)34-18-6-7-27-17(11-18)9-14(2)32;1-13(32)8-16-10-17(6-7-26-16)34-19-11-27-22-21(20(19)25)31(3)24(29-22)28-18-9-15(14-4-5-14)12-30(2)23(18)33/h6-8,10-13,15H,4-5,9H2,1-3H3,(H,28,29,30);6-7,9-12,14H,4-5,8H2,1-3H3,(H,27,28,29). The number of fused-ring (bicyclic) bond motifs is 2. The molecule has 0 aliphatic heterocycles. The van der Waals surface area contributed by atoms with E-state index in [4.69, 9.17) is 32.7 Å². The third-order valence-electron chi connectivity index (χ3n) is 11.7. The van der Waals surface area contributed by atoms with Crippen LogP contribution in [0.25, 0.3) is 22.3 Å². The normalized spacial score (nSPS) is 15.6. The zero-order chi connectivity index (χ0) is 48.0. The first-order chi connectivity index (χ1) is 32.6. The molecule has 19 heteroatoms. The highest BCUT2D eigenvalue weighted by Crippen LogP contribution is 2.42. The zero-order valence-corrected chi connectivity index (χ0v) is 39.6. The number of carbonyl (C=O) groups is 3. The van der Waals surface area contributed by atoms with Crippen molar-refractivity contribution in [2.45, 2.75) is 65.2 Å². The molecule has 17 nitrogen and oxygen atoms in total. The largest absolute Gasteiger partial charge is 0.454 e. The first-order valence-corrected chi connectivity index (χ1v) is 22.8. The summed E-state index contributed by atoms with van der Waals surface area (Å²) in [4.78, 5) is 74.5. The molecule has 2 saturated carbocycles. The van der Waals surface area contributed by atoms with E-state index in [9.17, 15) is 19.2 Å². The minimum Gasteiger partial charge on any atom is -0.454 e. The molecule has 2 fully saturated rings. The zero-order valence-electron chi connectivity index (χ0n) is 38.1. The molecule has 1 unspecified atom stereocenters. The van der Waals surface area contributed by atoms with Crippen LogP contribution in [-0.4, -0.2) is 61.0 Å². The molecule has 0 radical (unpaired) electrons. The average molecular weight is 957 g/mol. The number of rotatable bonds is 14. The van der Waals surface area contributed by atoms with Gasteiger partial charge in [0, 0.05) is 70.6 Å². The number of nitrogens with one attached hydrogen (secondary N) is 2. The van der Waals surface area contributed by atoms with E-state index in [1.165, 1.54) is 44.7 Å². The molecule has 10 rings (SSSR count). The second kappa shape index (κ2) is 18.8. The fraction of sp³-hybridized carbons (Fsp3) is 0.306. The highest BCUT2D eigenvalue weighted by atomic mass is 35.5. The van der Waals surface area contributed by atoms with Gasteiger partial charge in [-0.05, 0) is 86.8 Å². The Balaban J connectivity index is 0.000000170. The Morgan fingerprint density at radius 2 is 1.25 bits per heavy atom. The predicted octanol–water partition coefficient (Wildman–Crippen LogP) is 9.05. The number of aryl methyl sites for hydroxylation is 3. The van der Waals surface area contributed by atoms with E-state index in [0.717, 1.165) is 18.4 Å². The maximum atomic E-state index is 12.8. The van der Waals surface area contributed by atoms with Gasteiger partial charge < -0.3 is 33.8 Å². The molecule has 3 aliphatic rings. The van der Waals surface area contributed by atoms with Crippen molar-refractivity contribution in [3.05, 3.63) is 122 Å². The molecular formula is C49H47Cl2N11O6. The lowest BCUT2D eigenvalue weighted by atomic mass is 9.92. The fourth-order valence-corrected chi connectivity index (χ4v) is 8.56. The highest BCUT2D eigenvalue weighted by molar-refractivity contribution is 6.36. The van der Waals surface area contributed by atoms with E-state index in [2.05, 4.69) is 46.6 Å². The molecule has 1 atom stereocenters. The molecule has 3 aliphatic carbocycles. The number of Topliss-reactive ketones (excluding diaryl/α,β-unsaturated/α-hetero) is 3. The molecule has 2 N–H and O–H groups in total. The van der Waals surface area contributed by atoms with Gasteiger partial charge in [-0.3, -0.25) is 29.1 Å². The minimum atomic E-state index is -0.173. The van der Waals surface area contributed by atoms with Crippen LogP contribution in [0.4, 0.5) is 17.6 Å². The number of nitrogens with zero attached hydrogens (tertiary/aromatic N) is 9. The number of aromatic nitrogens is 9. The number of hydrogen-bond donors (Lipinski definition) is 2. The van der Waals surface area contributed by atoms with Crippen molar-refractivity contribution in [1.29, 1.82) is 0 Å². The predicted molar refractivity (Wildman–Crippen MR) is 258 cm³/mol. The third-order valence-corrected chi connectivity index (χ3v) is 12.5. The number of ether oxygens (including phenoxy) is 2. The van der Waals surface area contributed by atoms with Gasteiger partial charge in [-0.15, -0.1) is 0 Å². The van der Waals surface area contributed by atoms with E-state index < -0.39 is 0 Å². The van der Waals surface area contributed by atoms with Crippen LogP contribution >= 0.6 is 23.2 Å². The lowest BCUT2D eigenvalue weighted by molar-refractivity contribution is -0.118. The summed E-state index contributed by atoms with van der Waals surface area (Å²) < 4.78 is 17.0. The lowest BCUT2D eigenvalue weighted by Crippen LogP contribution is -2.22. The first-order valence-electron chi connectivity index (χ1n) is 22.1. The van der Waals surface area contributed by atoms with Crippen molar-refractivity contribution in [3.63, 3.8) is 0 Å². The maximum absolute atomic E-state index is 12.8. The highest BCUT2D eigenvalue weighted by Gasteiger charge is 2.31. The Hall–Kier alpha value is -7.24. The van der Waals surface area contributed by atoms with Crippen LogP contribution in [0.2, 0.25) is 10.0 Å². The second-order valence-corrected chi connectivity index (χ2v) is 18.2. The number of imidazole rings is 2. The summed E-state index contributed by atoms with van der Waals surface area (Å²) in [6.45, 7) is 4.94. The van der Waals surface area contributed by atoms with Gasteiger partial charge in [0.15, 0.2) is 28.6 Å². The molecule has 7 aromatic heterocycles. The molecule has 0 aromatic carbocycles. The van der Waals surface area contributed by atoms with Crippen LogP contribution in [0.15, 0.2) is 89.5 Å². The Kier molecular flexibility index (Phi) is 12.7. The van der Waals surface area contributed by atoms with Crippen molar-refractivity contribution in [2.75, 3.05) is 10.6 Å². The molecule has 0 spiro atoms. The first kappa shape index (κ1) is 45.9. The molecule has 0 saturated heterocycles. The van der Waals surface area contributed by atoms with Gasteiger partial charge in [-0.2, -0.15) is 9.97 Å². The number of halogens is 2. The van der Waals surface area contributed by atoms with Crippen molar-refractivity contribution < 1.29 is 23.9 Å². The van der Waals surface area contributed by atoms with E-state index in [1.54, 1.807) is 71.5 Å². The van der Waals surface area contributed by atoms with Crippen molar-refractivity contribution >= 4 is 80.5 Å². The number of ketones is 3. The number of anilines is 3. The van der Waals surface area contributed by atoms with Gasteiger partial charge in [-0.1, -0.05) is 36.2 Å². The molecule has 7 aromatic rings. The molecule has 7 heterocycles. The third kappa shape index (κ3) is 9.89.